The highest BCUT2D eigenvalue weighted by atomic mass is 16.6. The van der Waals surface area contributed by atoms with Crippen LogP contribution in [0.4, 0.5) is 4.79 Å². The number of rotatable bonds is 3. The Morgan fingerprint density at radius 2 is 2.05 bits per heavy atom. The number of aliphatic hydroxyl groups excluding tert-OH is 1. The zero-order valence-corrected chi connectivity index (χ0v) is 11.3. The number of hydrogen-bond donors (Lipinski definition) is 1. The van der Waals surface area contributed by atoms with E-state index in [4.69, 9.17) is 4.74 Å². The van der Waals surface area contributed by atoms with Crippen molar-refractivity contribution >= 4 is 6.09 Å². The molecule has 0 aliphatic carbocycles. The molecule has 1 heterocycles. The molecule has 2 atom stereocenters. The van der Waals surface area contributed by atoms with E-state index in [-0.39, 0.29) is 18.7 Å². The highest BCUT2D eigenvalue weighted by molar-refractivity contribution is 5.68. The smallest absolute Gasteiger partial charge is 0.410 e. The van der Waals surface area contributed by atoms with Crippen LogP contribution < -0.4 is 0 Å². The number of β-amino-alcohol motifs (C(OH)–C–C–N with tert-alkyl or cyclic N) is 1. The van der Waals surface area contributed by atoms with Gasteiger partial charge in [0.05, 0.1) is 18.7 Å². The van der Waals surface area contributed by atoms with Crippen LogP contribution in [0.1, 0.15) is 5.56 Å². The standard InChI is InChI=1S/C14H20N2O3/c1-15(2)12-8-16(9-13(12)17)14(18)19-10-11-6-4-3-5-7-11/h3-7,12-13,17H,8-10H2,1-2H3/t12-,13-/m1/s1. The summed E-state index contributed by atoms with van der Waals surface area (Å²) in [6.45, 7) is 1.09. The van der Waals surface area contributed by atoms with Crippen molar-refractivity contribution in [3.8, 4) is 0 Å². The molecular weight excluding hydrogens is 244 g/mol. The number of likely N-dealkylation sites (tertiary alicyclic amines) is 1. The third kappa shape index (κ3) is 3.45. The molecule has 1 aliphatic rings. The summed E-state index contributed by atoms with van der Waals surface area (Å²) < 4.78 is 5.25. The summed E-state index contributed by atoms with van der Waals surface area (Å²) in [6, 6.07) is 9.53. The van der Waals surface area contributed by atoms with Gasteiger partial charge in [-0.3, -0.25) is 0 Å². The van der Waals surface area contributed by atoms with E-state index in [0.717, 1.165) is 5.56 Å². The van der Waals surface area contributed by atoms with Gasteiger partial charge in [-0.2, -0.15) is 0 Å². The molecule has 1 fully saturated rings. The Morgan fingerprint density at radius 1 is 1.37 bits per heavy atom. The number of nitrogens with zero attached hydrogens (tertiary/aromatic N) is 2. The summed E-state index contributed by atoms with van der Waals surface area (Å²) in [5.74, 6) is 0. The molecule has 0 radical (unpaired) electrons. The lowest BCUT2D eigenvalue weighted by Gasteiger charge is -2.21. The van der Waals surface area contributed by atoms with Crippen molar-refractivity contribution in [1.29, 1.82) is 0 Å². The van der Waals surface area contributed by atoms with Gasteiger partial charge >= 0.3 is 6.09 Å². The molecule has 5 heteroatoms. The molecule has 0 unspecified atom stereocenters. The molecule has 104 valence electrons. The number of ether oxygens (including phenoxy) is 1. The van der Waals surface area contributed by atoms with E-state index in [0.29, 0.717) is 13.1 Å². The van der Waals surface area contributed by atoms with Crippen molar-refractivity contribution in [2.24, 2.45) is 0 Å². The third-order valence-corrected chi connectivity index (χ3v) is 3.39. The average Bonchev–Trinajstić information content (AvgIpc) is 2.79. The van der Waals surface area contributed by atoms with Crippen LogP contribution in [0.2, 0.25) is 0 Å². The summed E-state index contributed by atoms with van der Waals surface area (Å²) in [5.41, 5.74) is 0.958. The largest absolute Gasteiger partial charge is 0.445 e. The second-order valence-corrected chi connectivity index (χ2v) is 5.04. The van der Waals surface area contributed by atoms with E-state index in [9.17, 15) is 9.90 Å². The van der Waals surface area contributed by atoms with Crippen molar-refractivity contribution in [1.82, 2.24) is 9.80 Å². The number of amides is 1. The van der Waals surface area contributed by atoms with E-state index in [1.165, 1.54) is 0 Å². The molecule has 1 saturated heterocycles. The van der Waals surface area contributed by atoms with E-state index >= 15 is 0 Å². The fraction of sp³-hybridized carbons (Fsp3) is 0.500. The van der Waals surface area contributed by atoms with Crippen molar-refractivity contribution in [3.63, 3.8) is 0 Å². The van der Waals surface area contributed by atoms with Gasteiger partial charge in [0.2, 0.25) is 0 Å². The number of carbonyl (C=O) groups excluding carboxylic acids is 1. The summed E-state index contributed by atoms with van der Waals surface area (Å²) in [5, 5.41) is 9.87. The van der Waals surface area contributed by atoms with Gasteiger partial charge < -0.3 is 19.6 Å². The third-order valence-electron chi connectivity index (χ3n) is 3.39. The molecule has 19 heavy (non-hydrogen) atoms. The zero-order valence-electron chi connectivity index (χ0n) is 11.3. The Balaban J connectivity index is 1.85. The fourth-order valence-electron chi connectivity index (χ4n) is 2.24. The molecule has 1 aromatic rings. The van der Waals surface area contributed by atoms with Crippen LogP contribution in [0, 0.1) is 0 Å². The molecule has 5 nitrogen and oxygen atoms in total. The molecule has 1 N–H and O–H groups in total. The average molecular weight is 264 g/mol. The van der Waals surface area contributed by atoms with Crippen LogP contribution >= 0.6 is 0 Å². The maximum atomic E-state index is 11.9. The molecular formula is C14H20N2O3. The minimum atomic E-state index is -0.515. The van der Waals surface area contributed by atoms with Crippen LogP contribution in [-0.2, 0) is 11.3 Å². The monoisotopic (exact) mass is 264 g/mol. The van der Waals surface area contributed by atoms with E-state index in [1.54, 1.807) is 4.90 Å². The van der Waals surface area contributed by atoms with Crippen LogP contribution in [0.15, 0.2) is 30.3 Å². The van der Waals surface area contributed by atoms with Crippen molar-refractivity contribution in [2.75, 3.05) is 27.2 Å². The quantitative estimate of drug-likeness (QED) is 0.882. The molecule has 0 saturated carbocycles. The molecule has 0 bridgehead atoms. The Morgan fingerprint density at radius 3 is 2.63 bits per heavy atom. The summed E-state index contributed by atoms with van der Waals surface area (Å²) >= 11 is 0. The van der Waals surface area contributed by atoms with E-state index in [2.05, 4.69) is 0 Å². The van der Waals surface area contributed by atoms with Gasteiger partial charge in [-0.25, -0.2) is 4.79 Å². The minimum Gasteiger partial charge on any atom is -0.445 e. The minimum absolute atomic E-state index is 0.0238. The van der Waals surface area contributed by atoms with Crippen LogP contribution in [0.3, 0.4) is 0 Å². The first kappa shape index (κ1) is 13.8. The van der Waals surface area contributed by atoms with Crippen molar-refractivity contribution < 1.29 is 14.6 Å². The SMILES string of the molecule is CN(C)[C@@H]1CN(C(=O)OCc2ccccc2)C[C@H]1O. The maximum Gasteiger partial charge on any atom is 0.410 e. The number of benzene rings is 1. The van der Waals surface area contributed by atoms with Crippen molar-refractivity contribution in [2.45, 2.75) is 18.8 Å². The second kappa shape index (κ2) is 6.04. The lowest BCUT2D eigenvalue weighted by Crippen LogP contribution is -2.38. The summed E-state index contributed by atoms with van der Waals surface area (Å²) in [6.07, 6.45) is -0.883. The second-order valence-electron chi connectivity index (χ2n) is 5.04. The molecule has 0 aromatic heterocycles. The Labute approximate surface area is 113 Å². The molecule has 1 aliphatic heterocycles. The molecule has 2 rings (SSSR count). The molecule has 1 amide bonds. The van der Waals surface area contributed by atoms with Gasteiger partial charge in [-0.15, -0.1) is 0 Å². The first-order chi connectivity index (χ1) is 9.08. The molecule has 1 aromatic carbocycles. The normalized spacial score (nSPS) is 22.8. The predicted molar refractivity (Wildman–Crippen MR) is 71.7 cm³/mol. The lowest BCUT2D eigenvalue weighted by molar-refractivity contribution is 0.0955. The number of hydrogen-bond acceptors (Lipinski definition) is 4. The van der Waals surface area contributed by atoms with E-state index < -0.39 is 6.10 Å². The Hall–Kier alpha value is -1.59. The lowest BCUT2D eigenvalue weighted by atomic mass is 10.2. The van der Waals surface area contributed by atoms with Crippen molar-refractivity contribution in [3.05, 3.63) is 35.9 Å². The summed E-state index contributed by atoms with van der Waals surface area (Å²) in [4.78, 5) is 15.4. The van der Waals surface area contributed by atoms with Gasteiger partial charge in [-0.05, 0) is 19.7 Å². The summed E-state index contributed by atoms with van der Waals surface area (Å²) in [7, 11) is 3.79. The number of aliphatic hydroxyl groups is 1. The zero-order chi connectivity index (χ0) is 13.8. The highest BCUT2D eigenvalue weighted by Gasteiger charge is 2.35. The highest BCUT2D eigenvalue weighted by Crippen LogP contribution is 2.15. The first-order valence-electron chi connectivity index (χ1n) is 6.38. The maximum absolute atomic E-state index is 11.9. The Kier molecular flexibility index (Phi) is 4.39. The van der Waals surface area contributed by atoms with Gasteiger partial charge in [0, 0.05) is 6.54 Å². The number of likely N-dealkylation sites (N-methyl/N-ethyl adjacent to an activating group) is 1. The van der Waals surface area contributed by atoms with E-state index in [1.807, 2.05) is 49.3 Å². The van der Waals surface area contributed by atoms with Gasteiger partial charge in [0.25, 0.3) is 0 Å². The number of carbonyl (C=O) groups is 1. The predicted octanol–water partition coefficient (Wildman–Crippen LogP) is 0.930. The van der Waals surface area contributed by atoms with Gasteiger partial charge in [-0.1, -0.05) is 30.3 Å². The molecule has 0 spiro atoms. The van der Waals surface area contributed by atoms with Crippen LogP contribution in [0.25, 0.3) is 0 Å². The topological polar surface area (TPSA) is 53.0 Å². The first-order valence-corrected chi connectivity index (χ1v) is 6.38. The fourth-order valence-corrected chi connectivity index (χ4v) is 2.24. The Bertz CT molecular complexity index is 422. The van der Waals surface area contributed by atoms with Gasteiger partial charge in [0.1, 0.15) is 6.61 Å². The van der Waals surface area contributed by atoms with Gasteiger partial charge in [0.15, 0.2) is 0 Å². The van der Waals surface area contributed by atoms with Crippen LogP contribution in [-0.4, -0.2) is 60.3 Å². The van der Waals surface area contributed by atoms with Crippen LogP contribution in [0.5, 0.6) is 0 Å².